The number of amides is 2. The van der Waals surface area contributed by atoms with E-state index in [-0.39, 0.29) is 24.2 Å². The van der Waals surface area contributed by atoms with Crippen LogP contribution in [0.5, 0.6) is 0 Å². The summed E-state index contributed by atoms with van der Waals surface area (Å²) in [4.78, 5) is 23.4. The fourth-order valence-electron chi connectivity index (χ4n) is 1.92. The van der Waals surface area contributed by atoms with Gasteiger partial charge in [0.1, 0.15) is 0 Å². The molecule has 0 aromatic heterocycles. The summed E-state index contributed by atoms with van der Waals surface area (Å²) in [6.45, 7) is 2.43. The van der Waals surface area contributed by atoms with Crippen LogP contribution >= 0.6 is 31.9 Å². The van der Waals surface area contributed by atoms with Crippen molar-refractivity contribution in [2.45, 2.75) is 19.8 Å². The Kier molecular flexibility index (Phi) is 5.21. The van der Waals surface area contributed by atoms with Gasteiger partial charge in [-0.15, -0.1) is 0 Å². The highest BCUT2D eigenvalue weighted by Gasteiger charge is 2.38. The topological polar surface area (TPSA) is 58.2 Å². The summed E-state index contributed by atoms with van der Waals surface area (Å²) in [6.07, 6.45) is 1.23. The molecule has 2 amide bonds. The lowest BCUT2D eigenvalue weighted by Crippen LogP contribution is -2.29. The third-order valence-electron chi connectivity index (χ3n) is 3.30. The number of benzene rings is 1. The van der Waals surface area contributed by atoms with Crippen LogP contribution in [0.25, 0.3) is 0 Å². The lowest BCUT2D eigenvalue weighted by atomic mass is 10.3. The van der Waals surface area contributed by atoms with Gasteiger partial charge >= 0.3 is 0 Å². The van der Waals surface area contributed by atoms with Crippen molar-refractivity contribution < 1.29 is 9.59 Å². The standard InChI is InChI=1S/C14H16Br2N2O2/c1-8-6-10(8)14(20)17-5-4-13(19)18-12-7-9(15)2-3-11(12)16/h2-3,7-8,10H,4-6H2,1H3,(H,17,20)(H,18,19)/t8-,10-/m0/s1. The minimum absolute atomic E-state index is 0.0638. The summed E-state index contributed by atoms with van der Waals surface area (Å²) in [7, 11) is 0. The molecule has 4 nitrogen and oxygen atoms in total. The summed E-state index contributed by atoms with van der Waals surface area (Å²) in [5.74, 6) is 0.584. The molecule has 0 bridgehead atoms. The molecule has 6 heteroatoms. The summed E-state index contributed by atoms with van der Waals surface area (Å²) in [5.41, 5.74) is 0.714. The van der Waals surface area contributed by atoms with Crippen LogP contribution in [0, 0.1) is 11.8 Å². The maximum Gasteiger partial charge on any atom is 0.226 e. The maximum atomic E-state index is 11.8. The highest BCUT2D eigenvalue weighted by Crippen LogP contribution is 2.37. The first-order valence-electron chi connectivity index (χ1n) is 6.50. The molecule has 2 N–H and O–H groups in total. The quantitative estimate of drug-likeness (QED) is 0.792. The molecule has 0 saturated heterocycles. The zero-order valence-electron chi connectivity index (χ0n) is 11.1. The van der Waals surface area contributed by atoms with E-state index in [0.29, 0.717) is 18.2 Å². The van der Waals surface area contributed by atoms with Gasteiger partial charge in [0.25, 0.3) is 0 Å². The second-order valence-corrected chi connectivity index (χ2v) is 6.80. The summed E-state index contributed by atoms with van der Waals surface area (Å²) >= 11 is 6.74. The van der Waals surface area contributed by atoms with Crippen molar-refractivity contribution in [1.29, 1.82) is 0 Å². The van der Waals surface area contributed by atoms with Gasteiger partial charge in [-0.25, -0.2) is 0 Å². The van der Waals surface area contributed by atoms with Gasteiger partial charge in [0.05, 0.1) is 5.69 Å². The van der Waals surface area contributed by atoms with E-state index in [0.717, 1.165) is 15.4 Å². The van der Waals surface area contributed by atoms with Gasteiger partial charge in [0.2, 0.25) is 11.8 Å². The van der Waals surface area contributed by atoms with E-state index in [1.165, 1.54) is 0 Å². The minimum atomic E-state index is -0.118. The molecule has 2 atom stereocenters. The first kappa shape index (κ1) is 15.5. The van der Waals surface area contributed by atoms with Crippen LogP contribution in [0.3, 0.4) is 0 Å². The molecule has 108 valence electrons. The Morgan fingerprint density at radius 1 is 1.35 bits per heavy atom. The molecule has 0 aliphatic heterocycles. The third kappa shape index (κ3) is 4.31. The number of nitrogens with one attached hydrogen (secondary N) is 2. The minimum Gasteiger partial charge on any atom is -0.355 e. The fraction of sp³-hybridized carbons (Fsp3) is 0.429. The first-order chi connectivity index (χ1) is 9.47. The number of anilines is 1. The summed E-state index contributed by atoms with van der Waals surface area (Å²) in [5, 5.41) is 5.61. The molecule has 2 rings (SSSR count). The Morgan fingerprint density at radius 2 is 2.05 bits per heavy atom. The average molecular weight is 404 g/mol. The van der Waals surface area contributed by atoms with E-state index >= 15 is 0 Å². The fourth-order valence-corrected chi connectivity index (χ4v) is 2.63. The Hall–Kier alpha value is -0.880. The Labute approximate surface area is 135 Å². The van der Waals surface area contributed by atoms with Crippen LogP contribution < -0.4 is 10.6 Å². The number of carbonyl (C=O) groups is 2. The van der Waals surface area contributed by atoms with Crippen molar-refractivity contribution in [3.05, 3.63) is 27.1 Å². The number of carbonyl (C=O) groups excluding carboxylic acids is 2. The first-order valence-corrected chi connectivity index (χ1v) is 8.08. The van der Waals surface area contributed by atoms with Gasteiger partial charge in [-0.2, -0.15) is 0 Å². The van der Waals surface area contributed by atoms with Crippen LogP contribution in [0.4, 0.5) is 5.69 Å². The van der Waals surface area contributed by atoms with Crippen LogP contribution in [0.1, 0.15) is 19.8 Å². The maximum absolute atomic E-state index is 11.8. The molecule has 1 aliphatic carbocycles. The summed E-state index contributed by atoms with van der Waals surface area (Å²) < 4.78 is 1.72. The molecule has 0 radical (unpaired) electrons. The number of halogens is 2. The molecule has 0 heterocycles. The van der Waals surface area contributed by atoms with E-state index < -0.39 is 0 Å². The Morgan fingerprint density at radius 3 is 2.70 bits per heavy atom. The van der Waals surface area contributed by atoms with Gasteiger partial charge in [0.15, 0.2) is 0 Å². The largest absolute Gasteiger partial charge is 0.355 e. The SMILES string of the molecule is C[C@H]1C[C@@H]1C(=O)NCCC(=O)Nc1cc(Br)ccc1Br. The van der Waals surface area contributed by atoms with Gasteiger partial charge in [-0.1, -0.05) is 22.9 Å². The van der Waals surface area contributed by atoms with E-state index in [1.54, 1.807) is 0 Å². The highest BCUT2D eigenvalue weighted by atomic mass is 79.9. The van der Waals surface area contributed by atoms with Crippen LogP contribution in [-0.4, -0.2) is 18.4 Å². The molecule has 1 saturated carbocycles. The number of hydrogen-bond acceptors (Lipinski definition) is 2. The zero-order valence-corrected chi connectivity index (χ0v) is 14.3. The zero-order chi connectivity index (χ0) is 14.7. The van der Waals surface area contributed by atoms with Crippen molar-refractivity contribution >= 4 is 49.4 Å². The second-order valence-electron chi connectivity index (χ2n) is 5.03. The van der Waals surface area contributed by atoms with Gasteiger partial charge < -0.3 is 10.6 Å². The molecule has 1 aliphatic rings. The van der Waals surface area contributed by atoms with Crippen molar-refractivity contribution in [2.24, 2.45) is 11.8 Å². The molecule has 0 unspecified atom stereocenters. The molecule has 1 fully saturated rings. The van der Waals surface area contributed by atoms with Crippen molar-refractivity contribution in [1.82, 2.24) is 5.32 Å². The third-order valence-corrected chi connectivity index (χ3v) is 4.48. The van der Waals surface area contributed by atoms with Crippen LogP contribution in [0.15, 0.2) is 27.1 Å². The lowest BCUT2D eigenvalue weighted by molar-refractivity contribution is -0.122. The van der Waals surface area contributed by atoms with Gasteiger partial charge in [0, 0.05) is 27.8 Å². The Balaban J connectivity index is 1.75. The Bertz CT molecular complexity index is 534. The van der Waals surface area contributed by atoms with Crippen LogP contribution in [-0.2, 0) is 9.59 Å². The van der Waals surface area contributed by atoms with E-state index in [2.05, 4.69) is 49.4 Å². The van der Waals surface area contributed by atoms with Crippen LogP contribution in [0.2, 0.25) is 0 Å². The smallest absolute Gasteiger partial charge is 0.226 e. The lowest BCUT2D eigenvalue weighted by Gasteiger charge is -2.08. The van der Waals surface area contributed by atoms with Gasteiger partial charge in [-0.05, 0) is 46.5 Å². The van der Waals surface area contributed by atoms with E-state index in [4.69, 9.17) is 0 Å². The van der Waals surface area contributed by atoms with Gasteiger partial charge in [-0.3, -0.25) is 9.59 Å². The van der Waals surface area contributed by atoms with E-state index in [1.807, 2.05) is 18.2 Å². The molecule has 1 aromatic rings. The predicted octanol–water partition coefficient (Wildman–Crippen LogP) is 3.31. The second kappa shape index (κ2) is 6.72. The van der Waals surface area contributed by atoms with E-state index in [9.17, 15) is 9.59 Å². The number of hydrogen-bond donors (Lipinski definition) is 2. The predicted molar refractivity (Wildman–Crippen MR) is 85.4 cm³/mol. The molecular weight excluding hydrogens is 388 g/mol. The molecule has 20 heavy (non-hydrogen) atoms. The molecular formula is C14H16Br2N2O2. The molecule has 1 aromatic carbocycles. The summed E-state index contributed by atoms with van der Waals surface area (Å²) in [6, 6.07) is 5.57. The monoisotopic (exact) mass is 402 g/mol. The van der Waals surface area contributed by atoms with Crippen molar-refractivity contribution in [3.63, 3.8) is 0 Å². The normalized spacial score (nSPS) is 20.4. The molecule has 0 spiro atoms. The van der Waals surface area contributed by atoms with Crippen molar-refractivity contribution in [3.8, 4) is 0 Å². The highest BCUT2D eigenvalue weighted by molar-refractivity contribution is 9.11. The number of rotatable bonds is 5. The van der Waals surface area contributed by atoms with Crippen molar-refractivity contribution in [2.75, 3.05) is 11.9 Å². The average Bonchev–Trinajstić information content (AvgIpc) is 3.11.